The highest BCUT2D eigenvalue weighted by Gasteiger charge is 2.15. The van der Waals surface area contributed by atoms with Crippen LogP contribution in [0.3, 0.4) is 0 Å². The van der Waals surface area contributed by atoms with Gasteiger partial charge in [-0.05, 0) is 18.9 Å². The largest absolute Gasteiger partial charge is 0.324 e. The van der Waals surface area contributed by atoms with Gasteiger partial charge in [-0.2, -0.15) is 0 Å². The first-order valence-electron chi connectivity index (χ1n) is 5.67. The summed E-state index contributed by atoms with van der Waals surface area (Å²) in [6, 6.07) is 10.4. The summed E-state index contributed by atoms with van der Waals surface area (Å²) in [6.45, 7) is 6.05. The third-order valence-corrected chi connectivity index (χ3v) is 2.52. The van der Waals surface area contributed by atoms with Crippen LogP contribution < -0.4 is 11.1 Å². The van der Waals surface area contributed by atoms with Crippen molar-refractivity contribution in [2.45, 2.75) is 38.8 Å². The van der Waals surface area contributed by atoms with Crippen molar-refractivity contribution in [1.29, 1.82) is 0 Å². The normalized spacial score (nSPS) is 14.9. The molecular weight excluding hydrogens is 184 g/mol. The van der Waals surface area contributed by atoms with Gasteiger partial charge in [0, 0.05) is 18.6 Å². The van der Waals surface area contributed by atoms with E-state index < -0.39 is 0 Å². The minimum absolute atomic E-state index is 0.0798. The molecule has 0 fully saturated rings. The van der Waals surface area contributed by atoms with Crippen molar-refractivity contribution in [3.8, 4) is 0 Å². The first-order valence-corrected chi connectivity index (χ1v) is 5.67. The van der Waals surface area contributed by atoms with Crippen molar-refractivity contribution in [3.63, 3.8) is 0 Å². The van der Waals surface area contributed by atoms with Gasteiger partial charge in [-0.15, -0.1) is 0 Å². The Morgan fingerprint density at radius 3 is 2.53 bits per heavy atom. The summed E-state index contributed by atoms with van der Waals surface area (Å²) in [4.78, 5) is 0. The van der Waals surface area contributed by atoms with Crippen LogP contribution in [0.15, 0.2) is 30.3 Å². The lowest BCUT2D eigenvalue weighted by molar-refractivity contribution is 0.396. The number of nitrogens with two attached hydrogens (primary N) is 1. The molecule has 1 unspecified atom stereocenters. The van der Waals surface area contributed by atoms with E-state index in [0.29, 0.717) is 0 Å². The van der Waals surface area contributed by atoms with E-state index in [1.807, 2.05) is 6.07 Å². The zero-order valence-electron chi connectivity index (χ0n) is 9.79. The van der Waals surface area contributed by atoms with Crippen LogP contribution in [-0.4, -0.2) is 12.1 Å². The van der Waals surface area contributed by atoms with Crippen LogP contribution in [0.4, 0.5) is 0 Å². The Hall–Kier alpha value is -0.860. The van der Waals surface area contributed by atoms with E-state index in [1.54, 1.807) is 0 Å². The predicted octanol–water partition coefficient (Wildman–Crippen LogP) is 2.29. The molecule has 3 N–H and O–H groups in total. The average molecular weight is 206 g/mol. The second-order valence-electron chi connectivity index (χ2n) is 4.49. The first kappa shape index (κ1) is 12.2. The maximum Gasteiger partial charge on any atom is 0.0252 e. The molecule has 1 aromatic carbocycles. The zero-order valence-corrected chi connectivity index (χ0v) is 9.79. The first-order chi connectivity index (χ1) is 7.14. The van der Waals surface area contributed by atoms with Gasteiger partial charge in [-0.25, -0.2) is 0 Å². The maximum atomic E-state index is 6.13. The molecule has 1 aromatic rings. The Labute approximate surface area is 92.9 Å². The van der Waals surface area contributed by atoms with Crippen LogP contribution in [0.25, 0.3) is 0 Å². The molecule has 0 saturated heterocycles. The van der Waals surface area contributed by atoms with Crippen LogP contribution in [0.1, 0.15) is 32.3 Å². The molecule has 0 spiro atoms. The summed E-state index contributed by atoms with van der Waals surface area (Å²) in [5, 5.41) is 3.40. The number of hydrogen-bond donors (Lipinski definition) is 2. The van der Waals surface area contributed by atoms with Crippen LogP contribution >= 0.6 is 0 Å². The average Bonchev–Trinajstić information content (AvgIpc) is 2.19. The monoisotopic (exact) mass is 206 g/mol. The fraction of sp³-hybridized carbons (Fsp3) is 0.538. The third kappa shape index (κ3) is 4.96. The van der Waals surface area contributed by atoms with Gasteiger partial charge >= 0.3 is 0 Å². The summed E-state index contributed by atoms with van der Waals surface area (Å²) in [5.41, 5.74) is 7.36. The maximum absolute atomic E-state index is 6.13. The van der Waals surface area contributed by atoms with Gasteiger partial charge in [0.05, 0.1) is 0 Å². The molecule has 0 radical (unpaired) electrons. The Kier molecular flexibility index (Phi) is 4.79. The van der Waals surface area contributed by atoms with E-state index in [1.165, 1.54) is 5.56 Å². The molecule has 0 heterocycles. The van der Waals surface area contributed by atoms with Gasteiger partial charge in [-0.3, -0.25) is 0 Å². The number of hydrogen-bond acceptors (Lipinski definition) is 2. The molecule has 84 valence electrons. The van der Waals surface area contributed by atoms with E-state index in [-0.39, 0.29) is 5.54 Å². The van der Waals surface area contributed by atoms with Crippen LogP contribution in [0.5, 0.6) is 0 Å². The van der Waals surface area contributed by atoms with Gasteiger partial charge in [0.25, 0.3) is 0 Å². The Balaban J connectivity index is 2.27. The number of rotatable bonds is 6. The SMILES string of the molecule is CCCC(C)(N)CNCc1ccccc1. The van der Waals surface area contributed by atoms with Crippen LogP contribution in [-0.2, 0) is 6.54 Å². The van der Waals surface area contributed by atoms with E-state index in [9.17, 15) is 0 Å². The molecule has 0 amide bonds. The second-order valence-corrected chi connectivity index (χ2v) is 4.49. The second kappa shape index (κ2) is 5.89. The highest BCUT2D eigenvalue weighted by Crippen LogP contribution is 2.07. The summed E-state index contributed by atoms with van der Waals surface area (Å²) in [7, 11) is 0. The fourth-order valence-corrected chi connectivity index (χ4v) is 1.75. The molecule has 0 bridgehead atoms. The minimum atomic E-state index is -0.0798. The number of nitrogens with one attached hydrogen (secondary N) is 1. The van der Waals surface area contributed by atoms with Crippen LogP contribution in [0.2, 0.25) is 0 Å². The summed E-state index contributed by atoms with van der Waals surface area (Å²) >= 11 is 0. The Morgan fingerprint density at radius 1 is 1.27 bits per heavy atom. The van der Waals surface area contributed by atoms with E-state index in [0.717, 1.165) is 25.9 Å². The highest BCUT2D eigenvalue weighted by molar-refractivity contribution is 5.14. The lowest BCUT2D eigenvalue weighted by Crippen LogP contribution is -2.45. The van der Waals surface area contributed by atoms with Crippen molar-refractivity contribution >= 4 is 0 Å². The molecule has 1 rings (SSSR count). The summed E-state index contributed by atoms with van der Waals surface area (Å²) in [6.07, 6.45) is 2.20. The van der Waals surface area contributed by atoms with Gasteiger partial charge in [-0.1, -0.05) is 43.7 Å². The van der Waals surface area contributed by atoms with Crippen molar-refractivity contribution < 1.29 is 0 Å². The van der Waals surface area contributed by atoms with E-state index >= 15 is 0 Å². The predicted molar refractivity (Wildman–Crippen MR) is 65.6 cm³/mol. The minimum Gasteiger partial charge on any atom is -0.324 e. The third-order valence-electron chi connectivity index (χ3n) is 2.52. The summed E-state index contributed by atoms with van der Waals surface area (Å²) < 4.78 is 0. The molecule has 0 aliphatic rings. The molecule has 0 saturated carbocycles. The van der Waals surface area contributed by atoms with Crippen molar-refractivity contribution in [1.82, 2.24) is 5.32 Å². The van der Waals surface area contributed by atoms with Crippen molar-refractivity contribution in [2.75, 3.05) is 6.54 Å². The standard InChI is InChI=1S/C13H22N2/c1-3-9-13(2,14)11-15-10-12-7-5-4-6-8-12/h4-8,15H,3,9-11,14H2,1-2H3. The number of benzene rings is 1. The Morgan fingerprint density at radius 2 is 1.93 bits per heavy atom. The molecular formula is C13H22N2. The lowest BCUT2D eigenvalue weighted by atomic mass is 9.97. The summed E-state index contributed by atoms with van der Waals surface area (Å²) in [5.74, 6) is 0. The fourth-order valence-electron chi connectivity index (χ4n) is 1.75. The van der Waals surface area contributed by atoms with Gasteiger partial charge in [0.15, 0.2) is 0 Å². The molecule has 0 aromatic heterocycles. The lowest BCUT2D eigenvalue weighted by Gasteiger charge is -2.24. The highest BCUT2D eigenvalue weighted by atomic mass is 14.9. The Bertz CT molecular complexity index is 267. The van der Waals surface area contributed by atoms with Gasteiger partial charge in [0.2, 0.25) is 0 Å². The van der Waals surface area contributed by atoms with E-state index in [4.69, 9.17) is 5.73 Å². The smallest absolute Gasteiger partial charge is 0.0252 e. The molecule has 2 nitrogen and oxygen atoms in total. The molecule has 0 aliphatic carbocycles. The van der Waals surface area contributed by atoms with Crippen molar-refractivity contribution in [3.05, 3.63) is 35.9 Å². The molecule has 2 heteroatoms. The quantitative estimate of drug-likeness (QED) is 0.749. The van der Waals surface area contributed by atoms with Gasteiger partial charge in [0.1, 0.15) is 0 Å². The van der Waals surface area contributed by atoms with Crippen LogP contribution in [0, 0.1) is 0 Å². The van der Waals surface area contributed by atoms with E-state index in [2.05, 4.69) is 43.4 Å². The molecule has 15 heavy (non-hydrogen) atoms. The molecule has 1 atom stereocenters. The molecule has 0 aliphatic heterocycles. The topological polar surface area (TPSA) is 38.0 Å². The zero-order chi connectivity index (χ0) is 11.1. The van der Waals surface area contributed by atoms with Gasteiger partial charge < -0.3 is 11.1 Å². The van der Waals surface area contributed by atoms with Crippen molar-refractivity contribution in [2.24, 2.45) is 5.73 Å².